The zero-order chi connectivity index (χ0) is 17.9. The van der Waals surface area contributed by atoms with Crippen LogP contribution in [0.1, 0.15) is 5.76 Å². The molecule has 2 heterocycles. The quantitative estimate of drug-likeness (QED) is 0.731. The normalized spacial score (nSPS) is 16.0. The van der Waals surface area contributed by atoms with Crippen LogP contribution in [0.15, 0.2) is 56.4 Å². The van der Waals surface area contributed by atoms with E-state index in [1.54, 1.807) is 30.5 Å². The second kappa shape index (κ2) is 7.86. The Balaban J connectivity index is 1.57. The number of piperazine rings is 1. The van der Waals surface area contributed by atoms with E-state index in [0.717, 1.165) is 10.2 Å². The molecule has 6 nitrogen and oxygen atoms in total. The first kappa shape index (κ1) is 18.4. The summed E-state index contributed by atoms with van der Waals surface area (Å²) in [5.41, 5.74) is 0. The van der Waals surface area contributed by atoms with E-state index < -0.39 is 10.0 Å². The second-order valence-electron chi connectivity index (χ2n) is 5.59. The van der Waals surface area contributed by atoms with E-state index >= 15 is 0 Å². The summed E-state index contributed by atoms with van der Waals surface area (Å²) in [5, 5.41) is 3.74. The molecule has 1 aliphatic heterocycles. The molecular formula is C16H18BrN3O3S2. The van der Waals surface area contributed by atoms with Crippen LogP contribution in [0, 0.1) is 0 Å². The van der Waals surface area contributed by atoms with Crippen molar-refractivity contribution in [3.05, 3.63) is 52.9 Å². The Hall–Kier alpha value is -1.42. The van der Waals surface area contributed by atoms with Crippen molar-refractivity contribution in [2.24, 2.45) is 0 Å². The minimum Gasteiger partial charge on any atom is -0.467 e. The van der Waals surface area contributed by atoms with Gasteiger partial charge in [-0.05, 0) is 42.5 Å². The lowest BCUT2D eigenvalue weighted by Gasteiger charge is -2.35. The molecule has 25 heavy (non-hydrogen) atoms. The maximum Gasteiger partial charge on any atom is 0.243 e. The van der Waals surface area contributed by atoms with Crippen molar-refractivity contribution in [3.63, 3.8) is 0 Å². The second-order valence-corrected chi connectivity index (χ2v) is 8.83. The summed E-state index contributed by atoms with van der Waals surface area (Å²) in [5.74, 6) is 0.804. The van der Waals surface area contributed by atoms with Gasteiger partial charge in [0.2, 0.25) is 10.0 Å². The molecule has 0 bridgehead atoms. The van der Waals surface area contributed by atoms with Gasteiger partial charge in [0, 0.05) is 30.7 Å². The molecule has 1 N–H and O–H groups in total. The molecule has 2 aromatic rings. The molecule has 1 aliphatic rings. The van der Waals surface area contributed by atoms with Crippen LogP contribution in [0.2, 0.25) is 0 Å². The number of furan rings is 1. The third-order valence-corrected chi connectivity index (χ3v) is 6.74. The van der Waals surface area contributed by atoms with Crippen LogP contribution in [-0.4, -0.2) is 48.9 Å². The average Bonchev–Trinajstić information content (AvgIpc) is 3.13. The summed E-state index contributed by atoms with van der Waals surface area (Å²) in [6.45, 7) is 2.42. The first-order chi connectivity index (χ1) is 12.0. The number of hydrogen-bond acceptors (Lipinski definition) is 4. The Bertz CT molecular complexity index is 832. The number of halogens is 1. The maximum atomic E-state index is 12.7. The number of sulfonamides is 1. The smallest absolute Gasteiger partial charge is 0.243 e. The summed E-state index contributed by atoms with van der Waals surface area (Å²) < 4.78 is 33.0. The summed E-state index contributed by atoms with van der Waals surface area (Å²) in [7, 11) is -3.48. The lowest BCUT2D eigenvalue weighted by atomic mass is 10.4. The van der Waals surface area contributed by atoms with Gasteiger partial charge in [-0.2, -0.15) is 4.31 Å². The fraction of sp³-hybridized carbons (Fsp3) is 0.312. The Morgan fingerprint density at radius 3 is 2.60 bits per heavy atom. The van der Waals surface area contributed by atoms with Crippen molar-refractivity contribution in [1.82, 2.24) is 14.5 Å². The van der Waals surface area contributed by atoms with E-state index in [0.29, 0.717) is 42.7 Å². The molecule has 0 unspecified atom stereocenters. The highest BCUT2D eigenvalue weighted by Crippen LogP contribution is 2.21. The Morgan fingerprint density at radius 2 is 1.96 bits per heavy atom. The van der Waals surface area contributed by atoms with Crippen molar-refractivity contribution in [2.45, 2.75) is 11.4 Å². The summed E-state index contributed by atoms with van der Waals surface area (Å²) in [4.78, 5) is 2.28. The van der Waals surface area contributed by atoms with Gasteiger partial charge in [0.1, 0.15) is 5.76 Å². The first-order valence-corrected chi connectivity index (χ1v) is 10.4. The molecule has 3 rings (SSSR count). The van der Waals surface area contributed by atoms with E-state index in [2.05, 4.69) is 21.2 Å². The zero-order valence-corrected chi connectivity index (χ0v) is 16.6. The lowest BCUT2D eigenvalue weighted by molar-refractivity contribution is 0.263. The van der Waals surface area contributed by atoms with Gasteiger partial charge < -0.3 is 14.6 Å². The van der Waals surface area contributed by atoms with Gasteiger partial charge in [-0.15, -0.1) is 0 Å². The molecule has 0 radical (unpaired) electrons. The predicted molar refractivity (Wildman–Crippen MR) is 103 cm³/mol. The standard InChI is InChI=1S/C16H18BrN3O3S2/c17-13-3-1-5-15(11-13)25(21,22)20-8-6-19(7-9-20)16(24)18-12-14-4-2-10-23-14/h1-5,10-11H,6-9,12H2,(H,18,24). The molecule has 0 atom stereocenters. The van der Waals surface area contributed by atoms with E-state index in [9.17, 15) is 8.42 Å². The van der Waals surface area contributed by atoms with E-state index in [1.165, 1.54) is 4.31 Å². The van der Waals surface area contributed by atoms with Crippen LogP contribution >= 0.6 is 28.1 Å². The maximum absolute atomic E-state index is 12.7. The molecular weight excluding hydrogens is 426 g/mol. The highest BCUT2D eigenvalue weighted by Gasteiger charge is 2.29. The third kappa shape index (κ3) is 4.41. The highest BCUT2D eigenvalue weighted by atomic mass is 79.9. The van der Waals surface area contributed by atoms with Crippen molar-refractivity contribution >= 4 is 43.3 Å². The van der Waals surface area contributed by atoms with Crippen LogP contribution < -0.4 is 5.32 Å². The number of rotatable bonds is 4. The molecule has 9 heteroatoms. The van der Waals surface area contributed by atoms with Gasteiger partial charge in [0.15, 0.2) is 5.11 Å². The molecule has 134 valence electrons. The average molecular weight is 444 g/mol. The predicted octanol–water partition coefficient (Wildman–Crippen LogP) is 2.42. The summed E-state index contributed by atoms with van der Waals surface area (Å²) in [6, 6.07) is 10.5. The molecule has 0 amide bonds. The van der Waals surface area contributed by atoms with Gasteiger partial charge in [-0.3, -0.25) is 0 Å². The minimum absolute atomic E-state index is 0.300. The van der Waals surface area contributed by atoms with Crippen molar-refractivity contribution < 1.29 is 12.8 Å². The fourth-order valence-corrected chi connectivity index (χ4v) is 4.87. The van der Waals surface area contributed by atoms with Crippen molar-refractivity contribution in [3.8, 4) is 0 Å². The zero-order valence-electron chi connectivity index (χ0n) is 13.4. The molecule has 1 saturated heterocycles. The third-order valence-electron chi connectivity index (χ3n) is 3.95. The topological polar surface area (TPSA) is 65.8 Å². The van der Waals surface area contributed by atoms with Crippen LogP contribution in [0.5, 0.6) is 0 Å². The van der Waals surface area contributed by atoms with Gasteiger partial charge >= 0.3 is 0 Å². The number of nitrogens with one attached hydrogen (secondary N) is 1. The molecule has 1 aromatic heterocycles. The van der Waals surface area contributed by atoms with Crippen molar-refractivity contribution in [2.75, 3.05) is 26.2 Å². The molecule has 1 fully saturated rings. The van der Waals surface area contributed by atoms with Gasteiger partial charge in [0.25, 0.3) is 0 Å². The van der Waals surface area contributed by atoms with Crippen LogP contribution in [0.3, 0.4) is 0 Å². The van der Waals surface area contributed by atoms with Crippen LogP contribution in [0.25, 0.3) is 0 Å². The Labute approximate surface area is 161 Å². The van der Waals surface area contributed by atoms with Gasteiger partial charge in [-0.25, -0.2) is 8.42 Å². The van der Waals surface area contributed by atoms with E-state index in [-0.39, 0.29) is 0 Å². The number of benzene rings is 1. The minimum atomic E-state index is -3.48. The number of hydrogen-bond donors (Lipinski definition) is 1. The van der Waals surface area contributed by atoms with E-state index in [1.807, 2.05) is 17.0 Å². The Morgan fingerprint density at radius 1 is 1.20 bits per heavy atom. The fourth-order valence-electron chi connectivity index (χ4n) is 2.60. The van der Waals surface area contributed by atoms with Crippen LogP contribution in [0.4, 0.5) is 0 Å². The van der Waals surface area contributed by atoms with Gasteiger partial charge in [0.05, 0.1) is 17.7 Å². The summed E-state index contributed by atoms with van der Waals surface area (Å²) in [6.07, 6.45) is 1.62. The molecule has 1 aromatic carbocycles. The van der Waals surface area contributed by atoms with Gasteiger partial charge in [-0.1, -0.05) is 22.0 Å². The van der Waals surface area contributed by atoms with E-state index in [4.69, 9.17) is 16.6 Å². The monoisotopic (exact) mass is 443 g/mol. The molecule has 0 saturated carbocycles. The molecule has 0 aliphatic carbocycles. The SMILES string of the molecule is O=S(=O)(c1cccc(Br)c1)N1CCN(C(=S)NCc2ccco2)CC1. The Kier molecular flexibility index (Phi) is 5.78. The first-order valence-electron chi connectivity index (χ1n) is 7.78. The molecule has 0 spiro atoms. The van der Waals surface area contributed by atoms with Crippen molar-refractivity contribution in [1.29, 1.82) is 0 Å². The lowest BCUT2D eigenvalue weighted by Crippen LogP contribution is -2.52. The number of nitrogens with zero attached hydrogens (tertiary/aromatic N) is 2. The number of thiocarbonyl (C=S) groups is 1. The highest BCUT2D eigenvalue weighted by molar-refractivity contribution is 9.10. The largest absolute Gasteiger partial charge is 0.467 e. The van der Waals surface area contributed by atoms with Crippen LogP contribution in [-0.2, 0) is 16.6 Å². The summed E-state index contributed by atoms with van der Waals surface area (Å²) >= 11 is 8.71.